The van der Waals surface area contributed by atoms with Crippen molar-refractivity contribution in [1.29, 1.82) is 5.26 Å². The second-order valence-corrected chi connectivity index (χ2v) is 8.25. The number of para-hydroxylation sites is 1. The van der Waals surface area contributed by atoms with E-state index in [0.717, 1.165) is 27.9 Å². The number of hydrogen-bond donors (Lipinski definition) is 0. The van der Waals surface area contributed by atoms with Gasteiger partial charge in [0.15, 0.2) is 0 Å². The van der Waals surface area contributed by atoms with Gasteiger partial charge in [0.05, 0.1) is 28.3 Å². The van der Waals surface area contributed by atoms with Gasteiger partial charge in [-0.15, -0.1) is 11.3 Å². The number of aromatic nitrogens is 5. The van der Waals surface area contributed by atoms with E-state index in [-0.39, 0.29) is 6.01 Å². The van der Waals surface area contributed by atoms with Gasteiger partial charge >= 0.3 is 6.01 Å². The van der Waals surface area contributed by atoms with E-state index in [0.29, 0.717) is 17.3 Å². The third kappa shape index (κ3) is 4.33. The van der Waals surface area contributed by atoms with Crippen LogP contribution in [0.4, 0.5) is 0 Å². The smallest absolute Gasteiger partial charge is 0.316 e. The van der Waals surface area contributed by atoms with Gasteiger partial charge in [0.1, 0.15) is 17.5 Å². The van der Waals surface area contributed by atoms with Crippen molar-refractivity contribution in [2.45, 2.75) is 19.1 Å². The number of imidazole rings is 1. The van der Waals surface area contributed by atoms with E-state index in [1.165, 1.54) is 11.3 Å². The zero-order chi connectivity index (χ0) is 21.8. The van der Waals surface area contributed by atoms with Crippen LogP contribution in [0.3, 0.4) is 0 Å². The Hall–Kier alpha value is -4.09. The Kier molecular flexibility index (Phi) is 5.56. The van der Waals surface area contributed by atoms with Crippen LogP contribution >= 0.6 is 11.3 Å². The van der Waals surface area contributed by atoms with Gasteiger partial charge in [-0.1, -0.05) is 36.4 Å². The van der Waals surface area contributed by atoms with Crippen molar-refractivity contribution in [2.24, 2.45) is 0 Å². The lowest BCUT2D eigenvalue weighted by Gasteiger charge is -2.09. The Morgan fingerprint density at radius 2 is 1.94 bits per heavy atom. The van der Waals surface area contributed by atoms with E-state index in [9.17, 15) is 5.26 Å². The molecule has 0 spiro atoms. The van der Waals surface area contributed by atoms with E-state index >= 15 is 0 Å². The summed E-state index contributed by atoms with van der Waals surface area (Å²) in [6.07, 6.45) is 7.10. The number of benzene rings is 2. The average Bonchev–Trinajstić information content (AvgIpc) is 3.48. The molecule has 0 fully saturated rings. The molecule has 5 rings (SSSR count). The number of nitriles is 1. The Bertz CT molecular complexity index is 1360. The summed E-state index contributed by atoms with van der Waals surface area (Å²) in [7, 11) is 0. The van der Waals surface area contributed by atoms with Crippen molar-refractivity contribution in [1.82, 2.24) is 24.5 Å². The van der Waals surface area contributed by atoms with E-state index in [2.05, 4.69) is 38.1 Å². The molecule has 8 heteroatoms. The van der Waals surface area contributed by atoms with Gasteiger partial charge in [-0.05, 0) is 29.3 Å². The molecular formula is C24H18N6OS. The monoisotopic (exact) mass is 438 g/mol. The van der Waals surface area contributed by atoms with Crippen LogP contribution in [-0.4, -0.2) is 24.5 Å². The minimum atomic E-state index is -0.573. The lowest BCUT2D eigenvalue weighted by atomic mass is 10.1. The molecule has 0 N–H and O–H groups in total. The van der Waals surface area contributed by atoms with Crippen molar-refractivity contribution < 1.29 is 4.74 Å². The number of nitrogens with zero attached hydrogens (tertiary/aromatic N) is 6. The largest absolute Gasteiger partial charge is 0.459 e. The number of rotatable bonds is 7. The van der Waals surface area contributed by atoms with Crippen molar-refractivity contribution >= 4 is 21.6 Å². The first-order valence-corrected chi connectivity index (χ1v) is 10.8. The molecule has 156 valence electrons. The highest BCUT2D eigenvalue weighted by Gasteiger charge is 2.20. The van der Waals surface area contributed by atoms with Crippen molar-refractivity contribution in [2.75, 3.05) is 0 Å². The van der Waals surface area contributed by atoms with E-state index < -0.39 is 5.92 Å². The third-order valence-corrected chi connectivity index (χ3v) is 6.02. The summed E-state index contributed by atoms with van der Waals surface area (Å²) in [6, 6.07) is 20.3. The number of hydrogen-bond acceptors (Lipinski definition) is 7. The molecule has 0 amide bonds. The van der Waals surface area contributed by atoms with Crippen LogP contribution in [0.25, 0.3) is 10.2 Å². The molecule has 0 aliphatic carbocycles. The lowest BCUT2D eigenvalue weighted by molar-refractivity contribution is 0.279. The molecule has 2 aromatic carbocycles. The second-order valence-electron chi connectivity index (χ2n) is 7.19. The SMILES string of the molecule is N#CC(c1ccnc(OCc2cccc(Cn3ccnc3)c2)n1)c1nc2ccccc2s1. The van der Waals surface area contributed by atoms with E-state index in [4.69, 9.17) is 4.74 Å². The quantitative estimate of drug-likeness (QED) is 0.370. The van der Waals surface area contributed by atoms with Crippen molar-refractivity contribution in [3.05, 3.63) is 101 Å². The van der Waals surface area contributed by atoms with Crippen LogP contribution in [0.1, 0.15) is 27.7 Å². The first-order chi connectivity index (χ1) is 15.8. The lowest BCUT2D eigenvalue weighted by Crippen LogP contribution is -2.05. The highest BCUT2D eigenvalue weighted by molar-refractivity contribution is 7.18. The maximum Gasteiger partial charge on any atom is 0.316 e. The van der Waals surface area contributed by atoms with Crippen LogP contribution in [0.5, 0.6) is 6.01 Å². The van der Waals surface area contributed by atoms with Gasteiger partial charge in [0.2, 0.25) is 0 Å². The molecule has 1 atom stereocenters. The number of fused-ring (bicyclic) bond motifs is 1. The third-order valence-electron chi connectivity index (χ3n) is 4.92. The Morgan fingerprint density at radius 1 is 1.03 bits per heavy atom. The molecule has 5 aromatic rings. The molecule has 3 aromatic heterocycles. The average molecular weight is 439 g/mol. The van der Waals surface area contributed by atoms with Gasteiger partial charge in [0.25, 0.3) is 0 Å². The van der Waals surface area contributed by atoms with Crippen molar-refractivity contribution in [3.63, 3.8) is 0 Å². The molecule has 7 nitrogen and oxygen atoms in total. The molecule has 3 heterocycles. The maximum atomic E-state index is 9.80. The standard InChI is InChI=1S/C24H18N6OS/c25-13-19(23-28-21-6-1-2-7-22(21)32-23)20-8-9-27-24(29-20)31-15-18-5-3-4-17(12-18)14-30-11-10-26-16-30/h1-12,16,19H,14-15H2. The second kappa shape index (κ2) is 8.96. The zero-order valence-corrected chi connectivity index (χ0v) is 17.8. The van der Waals surface area contributed by atoms with Gasteiger partial charge in [-0.3, -0.25) is 0 Å². The summed E-state index contributed by atoms with van der Waals surface area (Å²) >= 11 is 1.50. The fourth-order valence-electron chi connectivity index (χ4n) is 3.40. The molecule has 0 saturated heterocycles. The highest BCUT2D eigenvalue weighted by Crippen LogP contribution is 2.31. The van der Waals surface area contributed by atoms with Crippen LogP contribution in [0.2, 0.25) is 0 Å². The van der Waals surface area contributed by atoms with Gasteiger partial charge < -0.3 is 9.30 Å². The summed E-state index contributed by atoms with van der Waals surface area (Å²) in [4.78, 5) is 17.4. The predicted molar refractivity (Wildman–Crippen MR) is 121 cm³/mol. The molecule has 0 saturated carbocycles. The molecular weight excluding hydrogens is 420 g/mol. The number of thiazole rings is 1. The molecule has 32 heavy (non-hydrogen) atoms. The summed E-state index contributed by atoms with van der Waals surface area (Å²) < 4.78 is 8.90. The minimum Gasteiger partial charge on any atom is -0.459 e. The van der Waals surface area contributed by atoms with Gasteiger partial charge in [-0.2, -0.15) is 10.2 Å². The summed E-state index contributed by atoms with van der Waals surface area (Å²) in [6.45, 7) is 1.07. The van der Waals surface area contributed by atoms with Gasteiger partial charge in [0, 0.05) is 25.1 Å². The van der Waals surface area contributed by atoms with E-state index in [1.807, 2.05) is 47.2 Å². The first kappa shape index (κ1) is 19.8. The first-order valence-electron chi connectivity index (χ1n) is 10.0. The Morgan fingerprint density at radius 3 is 2.78 bits per heavy atom. The Labute approximate surface area is 188 Å². The fraction of sp³-hybridized carbons (Fsp3) is 0.125. The molecule has 0 aliphatic heterocycles. The zero-order valence-electron chi connectivity index (χ0n) is 17.0. The van der Waals surface area contributed by atoms with Crippen LogP contribution in [0.15, 0.2) is 79.5 Å². The van der Waals surface area contributed by atoms with Crippen LogP contribution in [0, 0.1) is 11.3 Å². The maximum absolute atomic E-state index is 9.80. The van der Waals surface area contributed by atoms with Crippen LogP contribution < -0.4 is 4.74 Å². The Balaban J connectivity index is 1.31. The molecule has 1 unspecified atom stereocenters. The summed E-state index contributed by atoms with van der Waals surface area (Å²) in [5, 5.41) is 10.5. The molecule has 0 aliphatic rings. The summed E-state index contributed by atoms with van der Waals surface area (Å²) in [5.74, 6) is -0.573. The molecule has 0 bridgehead atoms. The summed E-state index contributed by atoms with van der Waals surface area (Å²) in [5.41, 5.74) is 3.62. The van der Waals surface area contributed by atoms with Crippen molar-refractivity contribution in [3.8, 4) is 12.1 Å². The van der Waals surface area contributed by atoms with E-state index in [1.54, 1.807) is 24.8 Å². The fourth-order valence-corrected chi connectivity index (χ4v) is 4.43. The normalized spacial score (nSPS) is 11.8. The van der Waals surface area contributed by atoms with Gasteiger partial charge in [-0.25, -0.2) is 15.0 Å². The topological polar surface area (TPSA) is 89.5 Å². The van der Waals surface area contributed by atoms with Crippen LogP contribution in [-0.2, 0) is 13.2 Å². The predicted octanol–water partition coefficient (Wildman–Crippen LogP) is 4.57. The highest BCUT2D eigenvalue weighted by atomic mass is 32.1. The number of ether oxygens (including phenoxy) is 1. The molecule has 0 radical (unpaired) electrons. The minimum absolute atomic E-state index is 0.240.